The fourth-order valence-electron chi connectivity index (χ4n) is 7.49. The molecule has 10 nitrogen and oxygen atoms in total. The van der Waals surface area contributed by atoms with Crippen molar-refractivity contribution in [3.63, 3.8) is 0 Å². The third kappa shape index (κ3) is 23.3. The molecular weight excluding hydrogens is 865 g/mol. The third-order valence-electron chi connectivity index (χ3n) is 10.8. The number of phenolic OH excluding ortho intramolecular Hbond substituents is 1. The predicted molar refractivity (Wildman–Crippen MR) is 251 cm³/mol. The van der Waals surface area contributed by atoms with Crippen molar-refractivity contribution in [2.75, 3.05) is 0 Å². The van der Waals surface area contributed by atoms with E-state index in [1.165, 1.54) is 151 Å². The summed E-state index contributed by atoms with van der Waals surface area (Å²) >= 11 is 0. The molecule has 63 heavy (non-hydrogen) atoms. The van der Waals surface area contributed by atoms with E-state index in [-0.39, 0.29) is 70.5 Å². The van der Waals surface area contributed by atoms with Crippen LogP contribution in [0.2, 0.25) is 0 Å². The molecule has 4 aromatic rings. The molecule has 4 rings (SSSR count). The SMILES string of the molecule is CCCCCCCCCCCCCc1cccc(Oc2ccc(O)cc2)c1S(=O)(=O)O.CCCCCCCCCCCCCc1cccc(Oc2ccc([O-])cc2)c1S(=O)(=O)[O-].[Ca+2]. The topological polar surface area (TPSA) is 173 Å². The zero-order chi connectivity index (χ0) is 45.1. The molecule has 13 heteroatoms. The largest absolute Gasteiger partial charge is 2.00 e. The Labute approximate surface area is 408 Å². The van der Waals surface area contributed by atoms with Gasteiger partial charge < -0.3 is 24.2 Å². The molecule has 0 unspecified atom stereocenters. The first-order valence-electron chi connectivity index (χ1n) is 22.9. The Morgan fingerprint density at radius 3 is 1.17 bits per heavy atom. The summed E-state index contributed by atoms with van der Waals surface area (Å²) in [4.78, 5) is -0.469. The van der Waals surface area contributed by atoms with Gasteiger partial charge in [0.25, 0.3) is 10.1 Å². The Hall–Kier alpha value is -2.84. The molecule has 0 saturated carbocycles. The molecule has 344 valence electrons. The minimum Gasteiger partial charge on any atom is -0.872 e. The molecule has 0 amide bonds. The second-order valence-electron chi connectivity index (χ2n) is 16.2. The van der Waals surface area contributed by atoms with Crippen LogP contribution in [0, 0.1) is 0 Å². The summed E-state index contributed by atoms with van der Waals surface area (Å²) in [5, 5.41) is 20.6. The Bertz CT molecular complexity index is 1910. The monoisotopic (exact) mass is 934 g/mol. The summed E-state index contributed by atoms with van der Waals surface area (Å²) in [6.45, 7) is 4.46. The van der Waals surface area contributed by atoms with Crippen LogP contribution >= 0.6 is 0 Å². The van der Waals surface area contributed by atoms with Gasteiger partial charge in [-0.3, -0.25) is 4.55 Å². The van der Waals surface area contributed by atoms with E-state index in [1.807, 2.05) is 0 Å². The van der Waals surface area contributed by atoms with Crippen LogP contribution in [0.15, 0.2) is 94.7 Å². The van der Waals surface area contributed by atoms with Crippen LogP contribution in [0.25, 0.3) is 0 Å². The molecule has 0 spiro atoms. The van der Waals surface area contributed by atoms with E-state index in [9.17, 15) is 36.2 Å². The number of hydrogen-bond acceptors (Lipinski definition) is 9. The van der Waals surface area contributed by atoms with E-state index in [0.29, 0.717) is 35.5 Å². The maximum Gasteiger partial charge on any atom is 2.00 e. The predicted octanol–water partition coefficient (Wildman–Crippen LogP) is 13.2. The quantitative estimate of drug-likeness (QED) is 0.0291. The smallest absolute Gasteiger partial charge is 0.872 e. The summed E-state index contributed by atoms with van der Waals surface area (Å²) in [7, 11) is -9.12. The first kappa shape index (κ1) is 56.3. The minimum atomic E-state index is -4.69. The molecule has 0 fully saturated rings. The summed E-state index contributed by atoms with van der Waals surface area (Å²) < 4.78 is 81.0. The first-order valence-corrected chi connectivity index (χ1v) is 25.8. The number of rotatable bonds is 30. The maximum atomic E-state index is 12.1. The van der Waals surface area contributed by atoms with Crippen LogP contribution in [-0.4, -0.2) is 68.8 Å². The Kier molecular flexibility index (Phi) is 28.5. The molecule has 0 aliphatic rings. The molecule has 0 aromatic heterocycles. The van der Waals surface area contributed by atoms with Crippen LogP contribution in [0.4, 0.5) is 0 Å². The van der Waals surface area contributed by atoms with Crippen LogP contribution < -0.4 is 14.6 Å². The van der Waals surface area contributed by atoms with Gasteiger partial charge in [-0.1, -0.05) is 179 Å². The van der Waals surface area contributed by atoms with E-state index in [2.05, 4.69) is 13.8 Å². The molecule has 0 bridgehead atoms. The van der Waals surface area contributed by atoms with Gasteiger partial charge in [-0.2, -0.15) is 8.42 Å². The van der Waals surface area contributed by atoms with Gasteiger partial charge >= 0.3 is 37.7 Å². The van der Waals surface area contributed by atoms with Crippen molar-refractivity contribution in [1.82, 2.24) is 0 Å². The van der Waals surface area contributed by atoms with E-state index in [4.69, 9.17) is 9.47 Å². The van der Waals surface area contributed by atoms with Crippen LogP contribution in [0.5, 0.6) is 34.5 Å². The number of phenols is 1. The van der Waals surface area contributed by atoms with E-state index in [1.54, 1.807) is 36.4 Å². The van der Waals surface area contributed by atoms with Gasteiger partial charge in [-0.05, 0) is 85.3 Å². The van der Waals surface area contributed by atoms with Gasteiger partial charge in [0.1, 0.15) is 48.7 Å². The molecule has 2 N–H and O–H groups in total. The normalized spacial score (nSPS) is 11.4. The molecule has 0 radical (unpaired) electrons. The molecule has 0 aliphatic heterocycles. The van der Waals surface area contributed by atoms with Crippen molar-refractivity contribution >= 4 is 58.0 Å². The summed E-state index contributed by atoms with van der Waals surface area (Å²) in [5.74, 6) is 0.718. The van der Waals surface area contributed by atoms with Crippen LogP contribution in [-0.2, 0) is 33.1 Å². The van der Waals surface area contributed by atoms with Crippen LogP contribution in [0.1, 0.15) is 166 Å². The molecule has 4 aromatic carbocycles. The first-order chi connectivity index (χ1) is 29.8. The fraction of sp³-hybridized carbons (Fsp3) is 0.520. The zero-order valence-electron chi connectivity index (χ0n) is 37.7. The van der Waals surface area contributed by atoms with Crippen molar-refractivity contribution in [1.29, 1.82) is 0 Å². The zero-order valence-corrected chi connectivity index (χ0v) is 41.6. The van der Waals surface area contributed by atoms with Crippen molar-refractivity contribution in [3.05, 3.63) is 96.1 Å². The second kappa shape index (κ2) is 31.9. The molecule has 0 atom stereocenters. The number of hydrogen-bond donors (Lipinski definition) is 2. The average Bonchev–Trinajstić information content (AvgIpc) is 3.23. The molecular formula is C50H70CaO10S2. The number of aryl methyl sites for hydroxylation is 2. The average molecular weight is 935 g/mol. The van der Waals surface area contributed by atoms with E-state index in [0.717, 1.165) is 38.5 Å². The summed E-state index contributed by atoms with van der Waals surface area (Å²) in [6.07, 6.45) is 27.8. The van der Waals surface area contributed by atoms with Gasteiger partial charge in [0.05, 0.1) is 0 Å². The fourth-order valence-corrected chi connectivity index (χ4v) is 9.20. The Balaban J connectivity index is 0.000000427. The molecule has 0 aliphatic carbocycles. The Morgan fingerprint density at radius 2 is 0.810 bits per heavy atom. The summed E-state index contributed by atoms with van der Waals surface area (Å²) in [5.41, 5.74) is 1.05. The van der Waals surface area contributed by atoms with Gasteiger partial charge in [-0.25, -0.2) is 8.42 Å². The van der Waals surface area contributed by atoms with E-state index < -0.39 is 20.2 Å². The minimum absolute atomic E-state index is 0. The van der Waals surface area contributed by atoms with Crippen molar-refractivity contribution in [2.24, 2.45) is 0 Å². The van der Waals surface area contributed by atoms with Crippen molar-refractivity contribution < 1.29 is 45.6 Å². The number of unbranched alkanes of at least 4 members (excludes halogenated alkanes) is 20. The third-order valence-corrected chi connectivity index (χ3v) is 12.8. The summed E-state index contributed by atoms with van der Waals surface area (Å²) in [6, 6.07) is 21.4. The van der Waals surface area contributed by atoms with Gasteiger partial charge in [-0.15, -0.1) is 5.75 Å². The maximum absolute atomic E-state index is 12.1. The van der Waals surface area contributed by atoms with Gasteiger partial charge in [0.15, 0.2) is 0 Å². The molecule has 0 heterocycles. The van der Waals surface area contributed by atoms with Gasteiger partial charge in [0, 0.05) is 0 Å². The number of ether oxygens (including phenoxy) is 2. The Morgan fingerprint density at radius 1 is 0.476 bits per heavy atom. The number of aromatic hydroxyl groups is 1. The number of benzene rings is 4. The van der Waals surface area contributed by atoms with E-state index >= 15 is 0 Å². The van der Waals surface area contributed by atoms with Gasteiger partial charge in [0.2, 0.25) is 0 Å². The van der Waals surface area contributed by atoms with Crippen molar-refractivity contribution in [3.8, 4) is 34.5 Å². The van der Waals surface area contributed by atoms with Crippen LogP contribution in [0.3, 0.4) is 0 Å². The van der Waals surface area contributed by atoms with Crippen molar-refractivity contribution in [2.45, 2.75) is 178 Å². The molecule has 0 saturated heterocycles. The standard InChI is InChI=1S/2C25H36O5S.Ca/c2*1-2-3-4-5-6-7-8-9-10-11-12-14-21-15-13-16-24(25(21)31(27,28)29)30-23-19-17-22(26)18-20-23;/h2*13,15-20,26H,2-12,14H2,1H3,(H,27,28,29);/q;;+2/p-2. The second-order valence-corrected chi connectivity index (χ2v) is 18.8.